The van der Waals surface area contributed by atoms with Gasteiger partial charge in [-0.05, 0) is 37.1 Å². The van der Waals surface area contributed by atoms with Gasteiger partial charge >= 0.3 is 0 Å². The van der Waals surface area contributed by atoms with E-state index in [9.17, 15) is 0 Å². The smallest absolute Gasteiger partial charge is 0.126 e. The quantitative estimate of drug-likeness (QED) is 0.846. The summed E-state index contributed by atoms with van der Waals surface area (Å²) in [5.74, 6) is 1.97. The van der Waals surface area contributed by atoms with E-state index >= 15 is 0 Å². The number of anilines is 1. The molecule has 1 aromatic carbocycles. The molecule has 0 aliphatic carbocycles. The molecule has 3 rings (SSSR count). The number of rotatable bonds is 1. The average Bonchev–Trinajstić information content (AvgIpc) is 2.68. The largest absolute Gasteiger partial charge is 0.312 e. The van der Waals surface area contributed by atoms with E-state index in [-0.39, 0.29) is 0 Å². The van der Waals surface area contributed by atoms with Gasteiger partial charge < -0.3 is 4.90 Å². The van der Waals surface area contributed by atoms with Crippen molar-refractivity contribution in [2.24, 2.45) is 0 Å². The molecule has 0 aromatic heterocycles. The number of benzene rings is 1. The molecule has 0 spiro atoms. The Morgan fingerprint density at radius 1 is 1.28 bits per heavy atom. The number of nitrogens with zero attached hydrogens (tertiary/aromatic N) is 2. The van der Waals surface area contributed by atoms with Crippen molar-refractivity contribution in [3.05, 3.63) is 52.5 Å². The summed E-state index contributed by atoms with van der Waals surface area (Å²) < 4.78 is 0. The highest BCUT2D eigenvalue weighted by molar-refractivity contribution is 6.36. The van der Waals surface area contributed by atoms with Crippen molar-refractivity contribution < 1.29 is 0 Å². The number of fused-ring (bicyclic) bond motifs is 1. The number of allylic oxidation sites excluding steroid dienone is 1. The van der Waals surface area contributed by atoms with Crippen LogP contribution in [0.2, 0.25) is 10.0 Å². The van der Waals surface area contributed by atoms with Crippen molar-refractivity contribution in [3.8, 4) is 0 Å². The zero-order valence-electron chi connectivity index (χ0n) is 9.79. The molecule has 2 aliphatic rings. The summed E-state index contributed by atoms with van der Waals surface area (Å²) in [6.07, 6.45) is 4.42. The summed E-state index contributed by atoms with van der Waals surface area (Å²) in [7, 11) is 0. The molecule has 1 N–H and O–H groups in total. The van der Waals surface area contributed by atoms with E-state index in [0.717, 1.165) is 36.7 Å². The van der Waals surface area contributed by atoms with Crippen LogP contribution in [0.1, 0.15) is 12.8 Å². The second-order valence-electron chi connectivity index (χ2n) is 4.34. The Balaban J connectivity index is 1.96. The van der Waals surface area contributed by atoms with Crippen LogP contribution in [0.15, 0.2) is 42.5 Å². The van der Waals surface area contributed by atoms with Gasteiger partial charge in [-0.15, -0.1) is 0 Å². The van der Waals surface area contributed by atoms with Gasteiger partial charge in [0.15, 0.2) is 0 Å². The van der Waals surface area contributed by atoms with Gasteiger partial charge in [0.05, 0.1) is 10.7 Å². The van der Waals surface area contributed by atoms with Gasteiger partial charge in [-0.1, -0.05) is 29.8 Å². The van der Waals surface area contributed by atoms with Gasteiger partial charge in [0.25, 0.3) is 0 Å². The third kappa shape index (κ3) is 1.84. The number of halogens is 2. The number of hydrazine groups is 1. The van der Waals surface area contributed by atoms with E-state index < -0.39 is 0 Å². The first-order valence-corrected chi connectivity index (χ1v) is 6.61. The molecule has 3 nitrogen and oxygen atoms in total. The summed E-state index contributed by atoms with van der Waals surface area (Å²) in [5, 5.41) is 3.14. The maximum atomic E-state index is 6.23. The third-order valence-electron chi connectivity index (χ3n) is 3.16. The summed E-state index contributed by atoms with van der Waals surface area (Å²) in [4.78, 5) is 2.16. The number of hydrogen-bond donors (Lipinski definition) is 1. The Hall–Kier alpha value is -1.32. The molecule has 1 fully saturated rings. The molecule has 0 radical (unpaired) electrons. The van der Waals surface area contributed by atoms with Crippen molar-refractivity contribution in [1.82, 2.24) is 10.3 Å². The lowest BCUT2D eigenvalue weighted by molar-refractivity contribution is 0.419. The van der Waals surface area contributed by atoms with E-state index in [1.54, 1.807) is 6.07 Å². The minimum absolute atomic E-state index is 0.608. The predicted molar refractivity (Wildman–Crippen MR) is 75.2 cm³/mol. The Morgan fingerprint density at radius 3 is 2.83 bits per heavy atom. The molecule has 0 amide bonds. The first-order valence-electron chi connectivity index (χ1n) is 5.85. The van der Waals surface area contributed by atoms with Gasteiger partial charge in [-0.2, -0.15) is 0 Å². The summed E-state index contributed by atoms with van der Waals surface area (Å²) in [6.45, 7) is 5.10. The minimum atomic E-state index is 0.608. The van der Waals surface area contributed by atoms with Crippen molar-refractivity contribution in [2.45, 2.75) is 12.8 Å². The van der Waals surface area contributed by atoms with Crippen molar-refractivity contribution in [1.29, 1.82) is 0 Å². The molecule has 1 aromatic rings. The van der Waals surface area contributed by atoms with Gasteiger partial charge in [0.2, 0.25) is 0 Å². The Labute approximate surface area is 116 Å². The highest BCUT2D eigenvalue weighted by Gasteiger charge is 2.30. The lowest BCUT2D eigenvalue weighted by Gasteiger charge is -2.23. The van der Waals surface area contributed by atoms with Crippen molar-refractivity contribution >= 4 is 28.9 Å². The van der Waals surface area contributed by atoms with Gasteiger partial charge in [0.1, 0.15) is 11.6 Å². The normalized spacial score (nSPS) is 18.6. The van der Waals surface area contributed by atoms with E-state index in [2.05, 4.69) is 23.0 Å². The van der Waals surface area contributed by atoms with Crippen LogP contribution in [-0.4, -0.2) is 11.4 Å². The topological polar surface area (TPSA) is 18.5 Å². The summed E-state index contributed by atoms with van der Waals surface area (Å²) in [6, 6.07) is 5.45. The monoisotopic (exact) mass is 281 g/mol. The van der Waals surface area contributed by atoms with E-state index in [1.165, 1.54) is 0 Å². The highest BCUT2D eigenvalue weighted by atomic mass is 35.5. The summed E-state index contributed by atoms with van der Waals surface area (Å²) in [5.41, 5.74) is 4.17. The Kier molecular flexibility index (Phi) is 2.88. The molecule has 0 bridgehead atoms. The zero-order valence-corrected chi connectivity index (χ0v) is 11.3. The van der Waals surface area contributed by atoms with E-state index in [4.69, 9.17) is 23.2 Å². The van der Waals surface area contributed by atoms with Crippen LogP contribution in [0.4, 0.5) is 5.69 Å². The third-order valence-corrected chi connectivity index (χ3v) is 3.70. The first kappa shape index (κ1) is 11.8. The molecular formula is C13H13Cl2N3. The van der Waals surface area contributed by atoms with Gasteiger partial charge in [-0.25, -0.2) is 5.01 Å². The van der Waals surface area contributed by atoms with E-state index in [0.29, 0.717) is 10.0 Å². The van der Waals surface area contributed by atoms with Crippen molar-refractivity contribution in [3.63, 3.8) is 0 Å². The molecule has 2 heterocycles. The van der Waals surface area contributed by atoms with Crippen LogP contribution in [0, 0.1) is 0 Å². The number of hydrogen-bond acceptors (Lipinski definition) is 3. The SMILES string of the molecule is C=C1N2CCCC=C2NN1c1ccc(Cl)cc1Cl. The van der Waals surface area contributed by atoms with Crippen LogP contribution in [0.25, 0.3) is 0 Å². The lowest BCUT2D eigenvalue weighted by atomic mass is 10.2. The molecule has 2 aliphatic heterocycles. The van der Waals surface area contributed by atoms with Gasteiger partial charge in [0, 0.05) is 11.6 Å². The molecule has 0 atom stereocenters. The zero-order chi connectivity index (χ0) is 12.7. The number of nitrogens with one attached hydrogen (secondary N) is 1. The summed E-state index contributed by atoms with van der Waals surface area (Å²) >= 11 is 12.1. The van der Waals surface area contributed by atoms with E-state index in [1.807, 2.05) is 17.1 Å². The van der Waals surface area contributed by atoms with Gasteiger partial charge in [-0.3, -0.25) is 5.43 Å². The second kappa shape index (κ2) is 4.41. The van der Waals surface area contributed by atoms with Crippen LogP contribution in [-0.2, 0) is 0 Å². The predicted octanol–water partition coefficient (Wildman–Crippen LogP) is 3.73. The average molecular weight is 282 g/mol. The molecule has 94 valence electrons. The highest BCUT2D eigenvalue weighted by Crippen LogP contribution is 2.35. The van der Waals surface area contributed by atoms with Crippen LogP contribution >= 0.6 is 23.2 Å². The van der Waals surface area contributed by atoms with Crippen LogP contribution in [0.5, 0.6) is 0 Å². The van der Waals surface area contributed by atoms with Crippen molar-refractivity contribution in [2.75, 3.05) is 11.6 Å². The molecule has 5 heteroatoms. The Bertz CT molecular complexity index is 539. The maximum Gasteiger partial charge on any atom is 0.126 e. The fraction of sp³-hybridized carbons (Fsp3) is 0.231. The second-order valence-corrected chi connectivity index (χ2v) is 5.19. The maximum absolute atomic E-state index is 6.23. The first-order chi connectivity index (χ1) is 8.66. The van der Waals surface area contributed by atoms with Crippen LogP contribution in [0.3, 0.4) is 0 Å². The molecular weight excluding hydrogens is 269 g/mol. The fourth-order valence-corrected chi connectivity index (χ4v) is 2.75. The van der Waals surface area contributed by atoms with Crippen LogP contribution < -0.4 is 10.4 Å². The minimum Gasteiger partial charge on any atom is -0.312 e. The standard InChI is InChI=1S/C13H13Cl2N3/c1-9-17-7-3-2-4-13(17)16-18(9)12-6-5-10(14)8-11(12)15/h4-6,8,16H,1-3,7H2. The lowest BCUT2D eigenvalue weighted by Crippen LogP contribution is -2.28. The Morgan fingerprint density at radius 2 is 2.11 bits per heavy atom. The molecule has 1 saturated heterocycles. The molecule has 0 saturated carbocycles. The molecule has 18 heavy (non-hydrogen) atoms. The fourth-order valence-electron chi connectivity index (χ4n) is 2.25. The molecule has 0 unspecified atom stereocenters.